The molecule has 0 amide bonds. The molecule has 1 rings (SSSR count). The summed E-state index contributed by atoms with van der Waals surface area (Å²) in [5.74, 6) is 1.29. The predicted octanol–water partition coefficient (Wildman–Crippen LogP) is 3.50. The molecule has 0 saturated heterocycles. The molecule has 2 atom stereocenters. The Morgan fingerprint density at radius 3 is 2.81 bits per heavy atom. The first-order valence-electron chi connectivity index (χ1n) is 9.20. The number of rotatable bonds is 14. The van der Waals surface area contributed by atoms with E-state index in [-0.39, 0.29) is 16.8 Å². The van der Waals surface area contributed by atoms with Crippen molar-refractivity contribution < 1.29 is 19.4 Å². The quantitative estimate of drug-likeness (QED) is 0.379. The van der Waals surface area contributed by atoms with E-state index in [0.29, 0.717) is 30.8 Å². The minimum absolute atomic E-state index is 0.0986. The molecule has 26 heavy (non-hydrogen) atoms. The molecule has 5 nitrogen and oxygen atoms in total. The van der Waals surface area contributed by atoms with Crippen LogP contribution in [0.4, 0.5) is 0 Å². The Balaban J connectivity index is 2.51. The lowest BCUT2D eigenvalue weighted by molar-refractivity contribution is -0.119. The van der Waals surface area contributed by atoms with Gasteiger partial charge in [-0.3, -0.25) is 4.79 Å². The van der Waals surface area contributed by atoms with Gasteiger partial charge in [-0.15, -0.1) is 0 Å². The van der Waals surface area contributed by atoms with E-state index in [0.717, 1.165) is 37.5 Å². The molecule has 0 aliphatic carbocycles. The zero-order valence-electron chi connectivity index (χ0n) is 15.8. The van der Waals surface area contributed by atoms with E-state index in [1.165, 1.54) is 7.11 Å². The molecule has 0 heterocycles. The second-order valence-corrected chi connectivity index (χ2v) is 7.83. The van der Waals surface area contributed by atoms with E-state index in [1.54, 1.807) is 23.9 Å². The zero-order chi connectivity index (χ0) is 19.4. The van der Waals surface area contributed by atoms with Crippen LogP contribution in [0.2, 0.25) is 0 Å². The van der Waals surface area contributed by atoms with Gasteiger partial charge in [0.05, 0.1) is 13.2 Å². The standard InChI is InChI=1S/C20H31NO4S/c1-3-4-5-6-18(26-14-16(21)13-22)12-17(23)9-7-15-8-10-19(24)20(11-15)25-2/h8,10-11,13,16,18,24H,3-7,9,12,14,21H2,1-2H3. The number of ketones is 1. The van der Waals surface area contributed by atoms with Crippen molar-refractivity contribution in [1.29, 1.82) is 0 Å². The Kier molecular flexibility index (Phi) is 11.1. The fourth-order valence-corrected chi connectivity index (χ4v) is 3.88. The number of Topliss-reactive ketones (excluding diaryl/α,β-unsaturated/α-hetero) is 1. The van der Waals surface area contributed by atoms with Gasteiger partial charge < -0.3 is 20.4 Å². The average Bonchev–Trinajstić information content (AvgIpc) is 2.65. The first-order valence-corrected chi connectivity index (χ1v) is 10.2. The fourth-order valence-electron chi connectivity index (χ4n) is 2.67. The summed E-state index contributed by atoms with van der Waals surface area (Å²) >= 11 is 1.63. The molecule has 2 unspecified atom stereocenters. The lowest BCUT2D eigenvalue weighted by Crippen LogP contribution is -2.26. The van der Waals surface area contributed by atoms with Crippen LogP contribution >= 0.6 is 11.8 Å². The topological polar surface area (TPSA) is 89.6 Å². The number of phenols is 1. The van der Waals surface area contributed by atoms with Crippen LogP contribution < -0.4 is 10.5 Å². The number of carbonyl (C=O) groups is 2. The van der Waals surface area contributed by atoms with Gasteiger partial charge in [0.1, 0.15) is 12.1 Å². The van der Waals surface area contributed by atoms with Gasteiger partial charge in [-0.1, -0.05) is 32.3 Å². The highest BCUT2D eigenvalue weighted by atomic mass is 32.2. The maximum absolute atomic E-state index is 12.4. The molecule has 6 heteroatoms. The number of aryl methyl sites for hydroxylation is 1. The van der Waals surface area contributed by atoms with Crippen LogP contribution in [-0.4, -0.2) is 41.3 Å². The summed E-state index contributed by atoms with van der Waals surface area (Å²) in [5.41, 5.74) is 6.64. The van der Waals surface area contributed by atoms with Gasteiger partial charge in [0, 0.05) is 23.8 Å². The number of ether oxygens (including phenoxy) is 1. The number of aromatic hydroxyl groups is 1. The molecular weight excluding hydrogens is 350 g/mol. The number of aldehydes is 1. The Bertz CT molecular complexity index is 565. The third-order valence-corrected chi connectivity index (χ3v) is 5.67. The Morgan fingerprint density at radius 2 is 2.15 bits per heavy atom. The summed E-state index contributed by atoms with van der Waals surface area (Å²) in [5, 5.41) is 9.85. The normalized spacial score (nSPS) is 13.2. The summed E-state index contributed by atoms with van der Waals surface area (Å²) in [6, 6.07) is 4.69. The zero-order valence-corrected chi connectivity index (χ0v) is 16.6. The second kappa shape index (κ2) is 12.8. The van der Waals surface area contributed by atoms with Crippen molar-refractivity contribution in [2.45, 2.75) is 63.2 Å². The second-order valence-electron chi connectivity index (χ2n) is 6.50. The highest BCUT2D eigenvalue weighted by molar-refractivity contribution is 8.00. The molecule has 0 radical (unpaired) electrons. The van der Waals surface area contributed by atoms with Gasteiger partial charge in [-0.05, 0) is 30.5 Å². The maximum atomic E-state index is 12.4. The van der Waals surface area contributed by atoms with Crippen molar-refractivity contribution in [3.05, 3.63) is 23.8 Å². The van der Waals surface area contributed by atoms with Crippen LogP contribution in [0.25, 0.3) is 0 Å². The van der Waals surface area contributed by atoms with Crippen LogP contribution in [0.5, 0.6) is 11.5 Å². The smallest absolute Gasteiger partial charge is 0.160 e. The third kappa shape index (κ3) is 8.72. The molecule has 1 aromatic carbocycles. The Morgan fingerprint density at radius 1 is 1.38 bits per heavy atom. The molecule has 0 bridgehead atoms. The molecule has 0 saturated carbocycles. The van der Waals surface area contributed by atoms with Crippen molar-refractivity contribution in [2.75, 3.05) is 12.9 Å². The number of hydrogen-bond donors (Lipinski definition) is 2. The number of phenolic OH excluding ortho intramolecular Hbond substituents is 1. The van der Waals surface area contributed by atoms with Crippen LogP contribution in [0.3, 0.4) is 0 Å². The summed E-state index contributed by atoms with van der Waals surface area (Å²) in [7, 11) is 1.51. The summed E-state index contributed by atoms with van der Waals surface area (Å²) in [6.45, 7) is 2.15. The van der Waals surface area contributed by atoms with Gasteiger partial charge >= 0.3 is 0 Å². The highest BCUT2D eigenvalue weighted by Crippen LogP contribution is 2.27. The van der Waals surface area contributed by atoms with Crippen LogP contribution in [0.1, 0.15) is 51.0 Å². The number of thioether (sulfide) groups is 1. The molecule has 1 aromatic rings. The van der Waals surface area contributed by atoms with Crippen molar-refractivity contribution in [2.24, 2.45) is 5.73 Å². The van der Waals surface area contributed by atoms with Gasteiger partial charge in [0.2, 0.25) is 0 Å². The van der Waals surface area contributed by atoms with E-state index in [1.807, 2.05) is 6.07 Å². The van der Waals surface area contributed by atoms with Crippen LogP contribution in [-0.2, 0) is 16.0 Å². The van der Waals surface area contributed by atoms with Crippen molar-refractivity contribution in [1.82, 2.24) is 0 Å². The average molecular weight is 382 g/mol. The molecular formula is C20H31NO4S. The molecule has 146 valence electrons. The number of nitrogens with two attached hydrogens (primary N) is 1. The van der Waals surface area contributed by atoms with Crippen molar-refractivity contribution in [3.8, 4) is 11.5 Å². The van der Waals surface area contributed by atoms with E-state index < -0.39 is 6.04 Å². The van der Waals surface area contributed by atoms with Gasteiger partial charge in [0.25, 0.3) is 0 Å². The molecule has 0 aliphatic heterocycles. The van der Waals surface area contributed by atoms with E-state index >= 15 is 0 Å². The SMILES string of the molecule is CCCCCC(CC(=O)CCc1ccc(O)c(OC)c1)SCC(N)C=O. The first kappa shape index (κ1) is 22.5. The largest absolute Gasteiger partial charge is 0.504 e. The third-order valence-electron chi connectivity index (χ3n) is 4.22. The molecule has 0 aromatic heterocycles. The molecule has 0 fully saturated rings. The maximum Gasteiger partial charge on any atom is 0.160 e. The van der Waals surface area contributed by atoms with Crippen LogP contribution in [0.15, 0.2) is 18.2 Å². The van der Waals surface area contributed by atoms with E-state index in [9.17, 15) is 14.7 Å². The number of methoxy groups -OCH3 is 1. The number of benzene rings is 1. The minimum atomic E-state index is -0.465. The summed E-state index contributed by atoms with van der Waals surface area (Å²) in [4.78, 5) is 23.1. The number of unbranched alkanes of at least 4 members (excludes halogenated alkanes) is 2. The first-order chi connectivity index (χ1) is 12.5. The summed E-state index contributed by atoms with van der Waals surface area (Å²) in [6.07, 6.45) is 6.70. The predicted molar refractivity (Wildman–Crippen MR) is 107 cm³/mol. The van der Waals surface area contributed by atoms with Crippen molar-refractivity contribution in [3.63, 3.8) is 0 Å². The fraction of sp³-hybridized carbons (Fsp3) is 0.600. The monoisotopic (exact) mass is 381 g/mol. The van der Waals surface area contributed by atoms with Gasteiger partial charge in [-0.25, -0.2) is 0 Å². The van der Waals surface area contributed by atoms with E-state index in [4.69, 9.17) is 10.5 Å². The van der Waals surface area contributed by atoms with Crippen LogP contribution in [0, 0.1) is 0 Å². The number of carbonyl (C=O) groups excluding carboxylic acids is 2. The Labute approximate surface area is 160 Å². The Hall–Kier alpha value is -1.53. The molecule has 3 N–H and O–H groups in total. The minimum Gasteiger partial charge on any atom is -0.504 e. The lowest BCUT2D eigenvalue weighted by Gasteiger charge is -2.17. The lowest BCUT2D eigenvalue weighted by atomic mass is 10.0. The summed E-state index contributed by atoms with van der Waals surface area (Å²) < 4.78 is 5.10. The highest BCUT2D eigenvalue weighted by Gasteiger charge is 2.16. The van der Waals surface area contributed by atoms with E-state index in [2.05, 4.69) is 6.92 Å². The van der Waals surface area contributed by atoms with Crippen molar-refractivity contribution >= 4 is 23.8 Å². The molecule has 0 spiro atoms. The van der Waals surface area contributed by atoms with Gasteiger partial charge in [0.15, 0.2) is 11.5 Å². The molecule has 0 aliphatic rings. The number of hydrogen-bond acceptors (Lipinski definition) is 6. The van der Waals surface area contributed by atoms with Gasteiger partial charge in [-0.2, -0.15) is 11.8 Å².